The molecule has 0 unspecified atom stereocenters. The van der Waals surface area contributed by atoms with Crippen molar-refractivity contribution < 1.29 is 14.7 Å². The molecular weight excluding hydrogens is 394 g/mol. The predicted molar refractivity (Wildman–Crippen MR) is 121 cm³/mol. The van der Waals surface area contributed by atoms with Crippen molar-refractivity contribution in [3.05, 3.63) is 58.5 Å². The Hall–Kier alpha value is -3.39. The van der Waals surface area contributed by atoms with Crippen molar-refractivity contribution in [2.24, 2.45) is 0 Å². The van der Waals surface area contributed by atoms with Crippen LogP contribution < -0.4 is 16.0 Å². The number of fused-ring (bicyclic) bond motifs is 1. The lowest BCUT2D eigenvalue weighted by Crippen LogP contribution is -2.29. The van der Waals surface area contributed by atoms with Crippen molar-refractivity contribution in [2.45, 2.75) is 40.7 Å². The average Bonchev–Trinajstić information content (AvgIpc) is 3.01. The number of carbonyl (C=O) groups is 2. The van der Waals surface area contributed by atoms with Crippen molar-refractivity contribution in [3.8, 4) is 0 Å². The van der Waals surface area contributed by atoms with Crippen LogP contribution in [0.5, 0.6) is 0 Å². The molecule has 0 saturated heterocycles. The van der Waals surface area contributed by atoms with Crippen LogP contribution in [0, 0.1) is 27.7 Å². The third-order valence-electron chi connectivity index (χ3n) is 5.40. The standard InChI is InChI=1S/C23H29N5O3/c1-14-6-5-7-15(2)19(14)11-25-20-10-18(12-28-17(4)16(3)26-23(20)28)27-21(30)8-9-24-22(31)13-29/h5-7,10,12,25,29H,8-9,11,13H2,1-4H3,(H,24,31)(H,27,30). The molecule has 164 valence electrons. The minimum Gasteiger partial charge on any atom is -0.387 e. The summed E-state index contributed by atoms with van der Waals surface area (Å²) in [4.78, 5) is 28.1. The summed E-state index contributed by atoms with van der Waals surface area (Å²) in [5.41, 5.74) is 7.84. The van der Waals surface area contributed by atoms with Gasteiger partial charge in [-0.1, -0.05) is 18.2 Å². The lowest BCUT2D eigenvalue weighted by atomic mass is 10.0. The average molecular weight is 424 g/mol. The van der Waals surface area contributed by atoms with Crippen LogP contribution in [0.1, 0.15) is 34.5 Å². The number of hydrogen-bond acceptors (Lipinski definition) is 5. The Labute approximate surface area is 181 Å². The van der Waals surface area contributed by atoms with E-state index in [4.69, 9.17) is 5.11 Å². The molecule has 0 aliphatic carbocycles. The highest BCUT2D eigenvalue weighted by Crippen LogP contribution is 2.26. The number of pyridine rings is 1. The molecule has 2 amide bonds. The maximum atomic E-state index is 12.3. The number of aromatic nitrogens is 2. The number of nitrogens with one attached hydrogen (secondary N) is 3. The van der Waals surface area contributed by atoms with E-state index in [0.717, 1.165) is 22.7 Å². The van der Waals surface area contributed by atoms with Crippen molar-refractivity contribution in [2.75, 3.05) is 23.8 Å². The monoisotopic (exact) mass is 423 g/mol. The van der Waals surface area contributed by atoms with E-state index in [9.17, 15) is 9.59 Å². The first-order valence-corrected chi connectivity index (χ1v) is 10.3. The summed E-state index contributed by atoms with van der Waals surface area (Å²) < 4.78 is 1.96. The lowest BCUT2D eigenvalue weighted by Gasteiger charge is -2.15. The van der Waals surface area contributed by atoms with Gasteiger partial charge in [-0.25, -0.2) is 4.98 Å². The first kappa shape index (κ1) is 22.3. The van der Waals surface area contributed by atoms with E-state index in [0.29, 0.717) is 12.2 Å². The number of nitrogens with zero attached hydrogens (tertiary/aromatic N) is 2. The summed E-state index contributed by atoms with van der Waals surface area (Å²) >= 11 is 0. The Bertz CT molecular complexity index is 1100. The summed E-state index contributed by atoms with van der Waals surface area (Å²) in [6.45, 7) is 8.34. The van der Waals surface area contributed by atoms with Gasteiger partial charge >= 0.3 is 0 Å². The number of imidazole rings is 1. The Balaban J connectivity index is 1.82. The van der Waals surface area contributed by atoms with Gasteiger partial charge in [0.05, 0.1) is 17.1 Å². The maximum Gasteiger partial charge on any atom is 0.245 e. The molecule has 3 aromatic rings. The van der Waals surface area contributed by atoms with Crippen LogP contribution in [0.15, 0.2) is 30.5 Å². The van der Waals surface area contributed by atoms with E-state index >= 15 is 0 Å². The van der Waals surface area contributed by atoms with Gasteiger partial charge in [0.1, 0.15) is 6.61 Å². The second-order valence-electron chi connectivity index (χ2n) is 7.65. The fourth-order valence-electron chi connectivity index (χ4n) is 3.48. The molecule has 8 nitrogen and oxygen atoms in total. The molecule has 31 heavy (non-hydrogen) atoms. The third-order valence-corrected chi connectivity index (χ3v) is 5.40. The third kappa shape index (κ3) is 5.21. The largest absolute Gasteiger partial charge is 0.387 e. The normalized spacial score (nSPS) is 10.9. The molecule has 0 aliphatic rings. The van der Waals surface area contributed by atoms with E-state index in [1.54, 1.807) is 0 Å². The topological polar surface area (TPSA) is 108 Å². The predicted octanol–water partition coefficient (Wildman–Crippen LogP) is 2.62. The van der Waals surface area contributed by atoms with Crippen LogP contribution in [0.25, 0.3) is 5.65 Å². The van der Waals surface area contributed by atoms with Gasteiger partial charge in [-0.05, 0) is 50.5 Å². The van der Waals surface area contributed by atoms with E-state index in [1.165, 1.54) is 16.7 Å². The molecule has 2 aromatic heterocycles. The zero-order chi connectivity index (χ0) is 22.5. The van der Waals surface area contributed by atoms with Crippen LogP contribution in [-0.4, -0.2) is 39.5 Å². The molecule has 1 aromatic carbocycles. The zero-order valence-electron chi connectivity index (χ0n) is 18.4. The number of aliphatic hydroxyl groups excluding tert-OH is 1. The van der Waals surface area contributed by atoms with Crippen LogP contribution >= 0.6 is 0 Å². The highest BCUT2D eigenvalue weighted by Gasteiger charge is 2.13. The van der Waals surface area contributed by atoms with Crippen molar-refractivity contribution in [1.82, 2.24) is 14.7 Å². The van der Waals surface area contributed by atoms with Gasteiger partial charge in [0, 0.05) is 31.4 Å². The summed E-state index contributed by atoms with van der Waals surface area (Å²) in [6.07, 6.45) is 1.95. The molecule has 0 fully saturated rings. The fraction of sp³-hybridized carbons (Fsp3) is 0.348. The first-order chi connectivity index (χ1) is 14.8. The minimum atomic E-state index is -0.590. The number of benzene rings is 1. The van der Waals surface area contributed by atoms with Gasteiger partial charge in [0.15, 0.2) is 5.65 Å². The van der Waals surface area contributed by atoms with Crippen LogP contribution in [0.3, 0.4) is 0 Å². The SMILES string of the molecule is Cc1cccc(C)c1CNc1cc(NC(=O)CCNC(=O)CO)cn2c(C)c(C)nc12. The fourth-order valence-corrected chi connectivity index (χ4v) is 3.48. The Morgan fingerprint density at radius 3 is 2.48 bits per heavy atom. The molecule has 0 aliphatic heterocycles. The van der Waals surface area contributed by atoms with Crippen molar-refractivity contribution in [1.29, 1.82) is 0 Å². The van der Waals surface area contributed by atoms with Gasteiger partial charge in [-0.15, -0.1) is 0 Å². The summed E-state index contributed by atoms with van der Waals surface area (Å²) in [5.74, 6) is -0.732. The number of carbonyl (C=O) groups excluding carboxylic acids is 2. The Morgan fingerprint density at radius 1 is 1.10 bits per heavy atom. The number of rotatable bonds is 8. The number of aryl methyl sites for hydroxylation is 4. The van der Waals surface area contributed by atoms with E-state index in [2.05, 4.69) is 46.9 Å². The maximum absolute atomic E-state index is 12.3. The summed E-state index contributed by atoms with van der Waals surface area (Å²) in [6, 6.07) is 8.11. The molecule has 3 rings (SSSR count). The molecule has 8 heteroatoms. The van der Waals surface area contributed by atoms with Gasteiger partial charge < -0.3 is 25.5 Å². The molecule has 0 atom stereocenters. The minimum absolute atomic E-state index is 0.108. The second kappa shape index (κ2) is 9.61. The quantitative estimate of drug-likeness (QED) is 0.446. The number of anilines is 2. The Morgan fingerprint density at radius 2 is 1.81 bits per heavy atom. The molecule has 4 N–H and O–H groups in total. The van der Waals surface area contributed by atoms with E-state index in [1.807, 2.05) is 36.6 Å². The summed E-state index contributed by atoms with van der Waals surface area (Å²) in [5, 5.41) is 17.6. The lowest BCUT2D eigenvalue weighted by molar-refractivity contribution is -0.123. The van der Waals surface area contributed by atoms with Gasteiger partial charge in [0.25, 0.3) is 0 Å². The van der Waals surface area contributed by atoms with Crippen LogP contribution in [0.4, 0.5) is 11.4 Å². The molecule has 0 spiro atoms. The van der Waals surface area contributed by atoms with Gasteiger partial charge in [-0.2, -0.15) is 0 Å². The highest BCUT2D eigenvalue weighted by atomic mass is 16.3. The van der Waals surface area contributed by atoms with Crippen LogP contribution in [0.2, 0.25) is 0 Å². The van der Waals surface area contributed by atoms with Crippen molar-refractivity contribution in [3.63, 3.8) is 0 Å². The molecule has 0 bridgehead atoms. The zero-order valence-corrected chi connectivity index (χ0v) is 18.4. The smallest absolute Gasteiger partial charge is 0.245 e. The first-order valence-electron chi connectivity index (χ1n) is 10.3. The van der Waals surface area contributed by atoms with Crippen LogP contribution in [-0.2, 0) is 16.1 Å². The molecule has 0 radical (unpaired) electrons. The molecular formula is C23H29N5O3. The number of hydrogen-bond donors (Lipinski definition) is 4. The van der Waals surface area contributed by atoms with E-state index in [-0.39, 0.29) is 18.9 Å². The molecule has 2 heterocycles. The van der Waals surface area contributed by atoms with Gasteiger partial charge in [0.2, 0.25) is 11.8 Å². The van der Waals surface area contributed by atoms with Gasteiger partial charge in [-0.3, -0.25) is 9.59 Å². The number of amides is 2. The van der Waals surface area contributed by atoms with E-state index < -0.39 is 12.5 Å². The second-order valence-corrected chi connectivity index (χ2v) is 7.65. The highest BCUT2D eigenvalue weighted by molar-refractivity contribution is 5.92. The van der Waals surface area contributed by atoms with Crippen molar-refractivity contribution >= 4 is 28.8 Å². The summed E-state index contributed by atoms with van der Waals surface area (Å²) in [7, 11) is 0. The Kier molecular flexibility index (Phi) is 6.91. The molecule has 0 saturated carbocycles. The number of aliphatic hydroxyl groups is 1.